The van der Waals surface area contributed by atoms with Crippen molar-refractivity contribution in [3.8, 4) is 0 Å². The summed E-state index contributed by atoms with van der Waals surface area (Å²) in [6.07, 6.45) is 7.94. The molecule has 0 aromatic heterocycles. The molecule has 25 heavy (non-hydrogen) atoms. The lowest BCUT2D eigenvalue weighted by molar-refractivity contribution is 0.185. The van der Waals surface area contributed by atoms with E-state index in [9.17, 15) is 8.42 Å². The van der Waals surface area contributed by atoms with Gasteiger partial charge >= 0.3 is 0 Å². The fourth-order valence-corrected chi connectivity index (χ4v) is 6.77. The Labute approximate surface area is 152 Å². The summed E-state index contributed by atoms with van der Waals surface area (Å²) in [6.45, 7) is 3.42. The van der Waals surface area contributed by atoms with Crippen molar-refractivity contribution in [1.82, 2.24) is 9.21 Å². The Morgan fingerprint density at radius 3 is 2.52 bits per heavy atom. The summed E-state index contributed by atoms with van der Waals surface area (Å²) in [4.78, 5) is 2.50. The maximum Gasteiger partial charge on any atom is 0.214 e. The molecule has 2 heterocycles. The van der Waals surface area contributed by atoms with Crippen LogP contribution in [0.3, 0.4) is 0 Å². The number of sulfonamides is 1. The molecule has 2 aliphatic heterocycles. The van der Waals surface area contributed by atoms with Crippen LogP contribution >= 0.6 is 0 Å². The molecule has 1 saturated carbocycles. The summed E-state index contributed by atoms with van der Waals surface area (Å²) >= 11 is 0. The van der Waals surface area contributed by atoms with Gasteiger partial charge in [-0.25, -0.2) is 12.7 Å². The van der Waals surface area contributed by atoms with Gasteiger partial charge in [0.15, 0.2) is 0 Å². The fraction of sp³-hybridized carbons (Fsp3) is 0.700. The largest absolute Gasteiger partial charge is 0.294 e. The molecule has 1 aromatic rings. The summed E-state index contributed by atoms with van der Waals surface area (Å²) in [6, 6.07) is 9.05. The highest BCUT2D eigenvalue weighted by Crippen LogP contribution is 2.29. The van der Waals surface area contributed by atoms with Crippen molar-refractivity contribution in [1.29, 1.82) is 0 Å². The lowest BCUT2D eigenvalue weighted by atomic mass is 9.91. The Bertz CT molecular complexity index is 697. The van der Waals surface area contributed by atoms with Crippen LogP contribution < -0.4 is 0 Å². The quantitative estimate of drug-likeness (QED) is 0.827. The molecule has 138 valence electrons. The summed E-state index contributed by atoms with van der Waals surface area (Å²) in [7, 11) is -3.09. The van der Waals surface area contributed by atoms with Crippen LogP contribution in [0.2, 0.25) is 0 Å². The molecule has 0 amide bonds. The van der Waals surface area contributed by atoms with E-state index in [1.807, 2.05) is 0 Å². The van der Waals surface area contributed by atoms with Crippen molar-refractivity contribution in [2.45, 2.75) is 57.5 Å². The minimum absolute atomic E-state index is 0.378. The van der Waals surface area contributed by atoms with Crippen molar-refractivity contribution in [2.75, 3.05) is 25.4 Å². The number of fused-ring (bicyclic) bond motifs is 1. The third-order valence-electron chi connectivity index (χ3n) is 6.37. The molecule has 2 fully saturated rings. The van der Waals surface area contributed by atoms with E-state index in [-0.39, 0.29) is 0 Å². The number of benzene rings is 1. The lowest BCUT2D eigenvalue weighted by Crippen LogP contribution is -2.42. The van der Waals surface area contributed by atoms with E-state index in [0.29, 0.717) is 30.8 Å². The van der Waals surface area contributed by atoms with Crippen molar-refractivity contribution < 1.29 is 8.42 Å². The SMILES string of the molecule is O=S(=O)(CC1CCCCC1)N1CCC(N2CCc3ccccc3C2)C1. The van der Waals surface area contributed by atoms with E-state index in [4.69, 9.17) is 0 Å². The van der Waals surface area contributed by atoms with Gasteiger partial charge in [-0.05, 0) is 42.7 Å². The van der Waals surface area contributed by atoms with Crippen LogP contribution in [-0.4, -0.2) is 49.1 Å². The Kier molecular flexibility index (Phi) is 5.16. The number of rotatable bonds is 4. The second kappa shape index (κ2) is 7.37. The highest BCUT2D eigenvalue weighted by atomic mass is 32.2. The molecule has 0 radical (unpaired) electrons. The van der Waals surface area contributed by atoms with Crippen molar-refractivity contribution >= 4 is 10.0 Å². The van der Waals surface area contributed by atoms with E-state index >= 15 is 0 Å². The molecule has 1 unspecified atom stereocenters. The number of hydrogen-bond acceptors (Lipinski definition) is 3. The molecule has 1 aliphatic carbocycles. The van der Waals surface area contributed by atoms with Crippen molar-refractivity contribution in [2.24, 2.45) is 5.92 Å². The van der Waals surface area contributed by atoms with Gasteiger partial charge < -0.3 is 0 Å². The van der Waals surface area contributed by atoms with E-state index < -0.39 is 10.0 Å². The molecule has 1 saturated heterocycles. The Balaban J connectivity index is 1.36. The first-order valence-electron chi connectivity index (χ1n) is 9.90. The third-order valence-corrected chi connectivity index (χ3v) is 8.38. The normalized spacial score (nSPS) is 26.6. The van der Waals surface area contributed by atoms with Crippen LogP contribution in [0.4, 0.5) is 0 Å². The zero-order chi connectivity index (χ0) is 17.3. The highest BCUT2D eigenvalue weighted by Gasteiger charge is 2.36. The van der Waals surface area contributed by atoms with Gasteiger partial charge in [-0.1, -0.05) is 43.5 Å². The second-order valence-corrected chi connectivity index (χ2v) is 10.1. The first kappa shape index (κ1) is 17.5. The first-order valence-corrected chi connectivity index (χ1v) is 11.5. The zero-order valence-electron chi connectivity index (χ0n) is 15.1. The van der Waals surface area contributed by atoms with Gasteiger partial charge in [-0.2, -0.15) is 0 Å². The molecule has 5 heteroatoms. The number of nitrogens with zero attached hydrogens (tertiary/aromatic N) is 2. The molecule has 0 spiro atoms. The zero-order valence-corrected chi connectivity index (χ0v) is 15.9. The van der Waals surface area contributed by atoms with Crippen molar-refractivity contribution in [3.63, 3.8) is 0 Å². The van der Waals surface area contributed by atoms with E-state index in [0.717, 1.165) is 38.8 Å². The monoisotopic (exact) mass is 362 g/mol. The molecular weight excluding hydrogens is 332 g/mol. The molecule has 1 aromatic carbocycles. The Morgan fingerprint density at radius 1 is 0.960 bits per heavy atom. The van der Waals surface area contributed by atoms with E-state index in [1.165, 1.54) is 30.4 Å². The van der Waals surface area contributed by atoms with Crippen LogP contribution in [0.15, 0.2) is 24.3 Å². The van der Waals surface area contributed by atoms with E-state index in [2.05, 4.69) is 29.2 Å². The van der Waals surface area contributed by atoms with Crippen LogP contribution in [0.25, 0.3) is 0 Å². The first-order chi connectivity index (χ1) is 12.1. The standard InChI is InChI=1S/C20H30N2O2S/c23-25(24,16-17-6-2-1-3-7-17)22-13-11-20(15-22)21-12-10-18-8-4-5-9-19(18)14-21/h4-5,8-9,17,20H,1-3,6-7,10-16H2. The van der Waals surface area contributed by atoms with Gasteiger partial charge in [-0.3, -0.25) is 4.90 Å². The molecule has 4 nitrogen and oxygen atoms in total. The average Bonchev–Trinajstić information content (AvgIpc) is 3.13. The van der Waals surface area contributed by atoms with Crippen LogP contribution in [0, 0.1) is 5.92 Å². The lowest BCUT2D eigenvalue weighted by Gasteiger charge is -2.33. The topological polar surface area (TPSA) is 40.6 Å². The van der Waals surface area contributed by atoms with Gasteiger partial charge in [0.1, 0.15) is 0 Å². The van der Waals surface area contributed by atoms with E-state index in [1.54, 1.807) is 4.31 Å². The third kappa shape index (κ3) is 3.93. The summed E-state index contributed by atoms with van der Waals surface area (Å²) in [5, 5.41) is 0. The Morgan fingerprint density at radius 2 is 1.72 bits per heavy atom. The predicted octanol–water partition coefficient (Wildman–Crippen LogP) is 3.03. The average molecular weight is 363 g/mol. The molecular formula is C20H30N2O2S. The molecule has 4 rings (SSSR count). The minimum Gasteiger partial charge on any atom is -0.294 e. The molecule has 1 atom stereocenters. The summed E-state index contributed by atoms with van der Waals surface area (Å²) in [5.74, 6) is 0.766. The molecule has 0 N–H and O–H groups in total. The molecule has 3 aliphatic rings. The van der Waals surface area contributed by atoms with Gasteiger partial charge in [0.05, 0.1) is 5.75 Å². The predicted molar refractivity (Wildman–Crippen MR) is 101 cm³/mol. The van der Waals surface area contributed by atoms with Crippen LogP contribution in [-0.2, 0) is 23.0 Å². The maximum atomic E-state index is 12.8. The second-order valence-electron chi connectivity index (χ2n) is 8.07. The van der Waals surface area contributed by atoms with Gasteiger partial charge in [0.2, 0.25) is 10.0 Å². The minimum atomic E-state index is -3.09. The van der Waals surface area contributed by atoms with Crippen LogP contribution in [0.5, 0.6) is 0 Å². The smallest absolute Gasteiger partial charge is 0.214 e. The summed E-state index contributed by atoms with van der Waals surface area (Å²) < 4.78 is 27.5. The van der Waals surface area contributed by atoms with Gasteiger partial charge in [-0.15, -0.1) is 0 Å². The number of hydrogen-bond donors (Lipinski definition) is 0. The van der Waals surface area contributed by atoms with Crippen LogP contribution in [0.1, 0.15) is 49.7 Å². The maximum absolute atomic E-state index is 12.8. The van der Waals surface area contributed by atoms with Gasteiger partial charge in [0, 0.05) is 32.2 Å². The Hall–Kier alpha value is -0.910. The fourth-order valence-electron chi connectivity index (χ4n) is 4.85. The van der Waals surface area contributed by atoms with Gasteiger partial charge in [0.25, 0.3) is 0 Å². The summed E-state index contributed by atoms with van der Waals surface area (Å²) in [5.41, 5.74) is 2.87. The van der Waals surface area contributed by atoms with Crippen molar-refractivity contribution in [3.05, 3.63) is 35.4 Å². The highest BCUT2D eigenvalue weighted by molar-refractivity contribution is 7.89. The molecule has 0 bridgehead atoms.